The quantitative estimate of drug-likeness (QED) is 0.885. The van der Waals surface area contributed by atoms with Crippen molar-refractivity contribution in [1.82, 2.24) is 15.3 Å². The van der Waals surface area contributed by atoms with Crippen LogP contribution in [0.25, 0.3) is 0 Å². The average Bonchev–Trinajstić information content (AvgIpc) is 2.71. The zero-order chi connectivity index (χ0) is 9.97. The van der Waals surface area contributed by atoms with Crippen LogP contribution in [0.2, 0.25) is 0 Å². The molecule has 1 aromatic rings. The zero-order valence-electron chi connectivity index (χ0n) is 9.51. The monoisotopic (exact) mass is 264 g/mol. The predicted octanol–water partition coefficient (Wildman–Crippen LogP) is 1.81. The Labute approximate surface area is 109 Å². The van der Waals surface area contributed by atoms with Crippen LogP contribution >= 0.6 is 24.8 Å². The highest BCUT2D eigenvalue weighted by Crippen LogP contribution is 2.21. The number of rotatable bonds is 2. The fourth-order valence-electron chi connectivity index (χ4n) is 1.71. The summed E-state index contributed by atoms with van der Waals surface area (Å²) in [6.07, 6.45) is 4.26. The van der Waals surface area contributed by atoms with Crippen LogP contribution in [-0.4, -0.2) is 30.6 Å². The molecule has 0 spiro atoms. The summed E-state index contributed by atoms with van der Waals surface area (Å²) in [5.41, 5.74) is 1.11. The van der Waals surface area contributed by atoms with Crippen molar-refractivity contribution >= 4 is 30.8 Å². The van der Waals surface area contributed by atoms with E-state index in [1.54, 1.807) is 0 Å². The second kappa shape index (κ2) is 6.89. The van der Waals surface area contributed by atoms with Crippen LogP contribution in [0.4, 0.5) is 5.95 Å². The lowest BCUT2D eigenvalue weighted by Gasteiger charge is -2.13. The molecule has 1 aromatic heterocycles. The van der Waals surface area contributed by atoms with Crippen LogP contribution in [0.15, 0.2) is 12.3 Å². The Morgan fingerprint density at radius 1 is 1.38 bits per heavy atom. The van der Waals surface area contributed by atoms with E-state index < -0.39 is 0 Å². The molecule has 0 amide bonds. The van der Waals surface area contributed by atoms with Gasteiger partial charge in [0.1, 0.15) is 0 Å². The first-order valence-corrected chi connectivity index (χ1v) is 5.01. The van der Waals surface area contributed by atoms with E-state index in [1.165, 1.54) is 12.8 Å². The van der Waals surface area contributed by atoms with Gasteiger partial charge in [0.15, 0.2) is 0 Å². The minimum atomic E-state index is 0. The average molecular weight is 265 g/mol. The van der Waals surface area contributed by atoms with Gasteiger partial charge in [-0.15, -0.1) is 24.8 Å². The van der Waals surface area contributed by atoms with Gasteiger partial charge in [-0.25, -0.2) is 9.97 Å². The first kappa shape index (κ1) is 15.4. The van der Waals surface area contributed by atoms with Crippen molar-refractivity contribution in [2.24, 2.45) is 0 Å². The van der Waals surface area contributed by atoms with E-state index in [1.807, 2.05) is 31.3 Å². The number of hydrogen-bond acceptors (Lipinski definition) is 4. The first-order chi connectivity index (χ1) is 6.77. The molecule has 1 atom stereocenters. The van der Waals surface area contributed by atoms with E-state index in [2.05, 4.69) is 15.3 Å². The third-order valence-corrected chi connectivity index (χ3v) is 2.48. The smallest absolute Gasteiger partial charge is 0.225 e. The number of halogens is 2. The van der Waals surface area contributed by atoms with Crippen molar-refractivity contribution in [3.05, 3.63) is 18.0 Å². The van der Waals surface area contributed by atoms with Crippen LogP contribution in [0.1, 0.15) is 24.6 Å². The maximum atomic E-state index is 4.51. The maximum Gasteiger partial charge on any atom is 0.225 e. The summed E-state index contributed by atoms with van der Waals surface area (Å²) < 4.78 is 0. The fraction of sp³-hybridized carbons (Fsp3) is 0.600. The minimum Gasteiger partial charge on any atom is -0.347 e. The molecular weight excluding hydrogens is 247 g/mol. The maximum absolute atomic E-state index is 4.51. The van der Waals surface area contributed by atoms with Crippen LogP contribution < -0.4 is 10.2 Å². The van der Waals surface area contributed by atoms with Crippen molar-refractivity contribution in [2.75, 3.05) is 25.5 Å². The molecule has 2 heterocycles. The largest absolute Gasteiger partial charge is 0.347 e. The molecule has 1 aliphatic heterocycles. The molecule has 1 saturated heterocycles. The minimum absolute atomic E-state index is 0. The number of nitrogens with zero attached hydrogens (tertiary/aromatic N) is 3. The lowest BCUT2D eigenvalue weighted by molar-refractivity contribution is 0.625. The van der Waals surface area contributed by atoms with Gasteiger partial charge >= 0.3 is 0 Å². The van der Waals surface area contributed by atoms with Gasteiger partial charge in [0, 0.05) is 26.3 Å². The van der Waals surface area contributed by atoms with Gasteiger partial charge in [-0.1, -0.05) is 0 Å². The molecular formula is C10H18Cl2N4. The van der Waals surface area contributed by atoms with E-state index in [-0.39, 0.29) is 24.8 Å². The fourth-order valence-corrected chi connectivity index (χ4v) is 1.71. The van der Waals surface area contributed by atoms with Gasteiger partial charge in [0.2, 0.25) is 5.95 Å². The normalized spacial score (nSPS) is 18.5. The molecule has 0 bridgehead atoms. The standard InChI is InChI=1S/C10H16N4.2ClH/c1-14(2)10-12-7-5-9(13-10)8-4-3-6-11-8;;/h5,7-8,11H,3-4,6H2,1-2H3;2*1H. The first-order valence-electron chi connectivity index (χ1n) is 5.01. The Morgan fingerprint density at radius 3 is 2.69 bits per heavy atom. The Balaban J connectivity index is 0.00000112. The molecule has 1 fully saturated rings. The van der Waals surface area contributed by atoms with Gasteiger partial charge in [-0.05, 0) is 25.5 Å². The zero-order valence-corrected chi connectivity index (χ0v) is 11.1. The summed E-state index contributed by atoms with van der Waals surface area (Å²) in [6, 6.07) is 2.42. The third-order valence-electron chi connectivity index (χ3n) is 2.48. The van der Waals surface area contributed by atoms with Crippen LogP contribution in [0.5, 0.6) is 0 Å². The molecule has 0 aliphatic carbocycles. The SMILES string of the molecule is CN(C)c1nccc(C2CCCN2)n1.Cl.Cl. The van der Waals surface area contributed by atoms with Crippen LogP contribution in [-0.2, 0) is 0 Å². The second-order valence-corrected chi connectivity index (χ2v) is 3.82. The summed E-state index contributed by atoms with van der Waals surface area (Å²) in [6.45, 7) is 1.10. The van der Waals surface area contributed by atoms with Crippen molar-refractivity contribution in [3.63, 3.8) is 0 Å². The molecule has 2 rings (SSSR count). The molecule has 4 nitrogen and oxygen atoms in total. The summed E-state index contributed by atoms with van der Waals surface area (Å²) in [7, 11) is 3.92. The van der Waals surface area contributed by atoms with Crippen molar-refractivity contribution in [1.29, 1.82) is 0 Å². The topological polar surface area (TPSA) is 41.1 Å². The van der Waals surface area contributed by atoms with E-state index in [0.717, 1.165) is 18.2 Å². The van der Waals surface area contributed by atoms with E-state index in [9.17, 15) is 0 Å². The second-order valence-electron chi connectivity index (χ2n) is 3.82. The number of aromatic nitrogens is 2. The van der Waals surface area contributed by atoms with Gasteiger partial charge in [-0.3, -0.25) is 0 Å². The van der Waals surface area contributed by atoms with Crippen molar-refractivity contribution in [3.8, 4) is 0 Å². The summed E-state index contributed by atoms with van der Waals surface area (Å²) in [5.74, 6) is 0.788. The van der Waals surface area contributed by atoms with Gasteiger partial charge < -0.3 is 10.2 Å². The molecule has 0 radical (unpaired) electrons. The molecule has 16 heavy (non-hydrogen) atoms. The lowest BCUT2D eigenvalue weighted by Crippen LogP contribution is -2.18. The predicted molar refractivity (Wildman–Crippen MR) is 70.8 cm³/mol. The molecule has 1 unspecified atom stereocenters. The van der Waals surface area contributed by atoms with Crippen LogP contribution in [0, 0.1) is 0 Å². The highest BCUT2D eigenvalue weighted by Gasteiger charge is 2.17. The molecule has 0 saturated carbocycles. The Bertz CT molecular complexity index is 313. The van der Waals surface area contributed by atoms with Gasteiger partial charge in [-0.2, -0.15) is 0 Å². The van der Waals surface area contributed by atoms with Crippen LogP contribution in [0.3, 0.4) is 0 Å². The lowest BCUT2D eigenvalue weighted by atomic mass is 10.1. The number of anilines is 1. The molecule has 1 N–H and O–H groups in total. The van der Waals surface area contributed by atoms with Crippen molar-refractivity contribution < 1.29 is 0 Å². The number of nitrogens with one attached hydrogen (secondary N) is 1. The van der Waals surface area contributed by atoms with Gasteiger partial charge in [0.05, 0.1) is 5.69 Å². The van der Waals surface area contributed by atoms with E-state index in [0.29, 0.717) is 6.04 Å². The molecule has 1 aliphatic rings. The highest BCUT2D eigenvalue weighted by molar-refractivity contribution is 5.85. The Kier molecular flexibility index (Phi) is 6.64. The van der Waals surface area contributed by atoms with E-state index >= 15 is 0 Å². The van der Waals surface area contributed by atoms with Gasteiger partial charge in [0.25, 0.3) is 0 Å². The summed E-state index contributed by atoms with van der Waals surface area (Å²) >= 11 is 0. The van der Waals surface area contributed by atoms with Crippen molar-refractivity contribution in [2.45, 2.75) is 18.9 Å². The van der Waals surface area contributed by atoms with E-state index in [4.69, 9.17) is 0 Å². The molecule has 92 valence electrons. The number of hydrogen-bond donors (Lipinski definition) is 1. The third kappa shape index (κ3) is 3.47. The molecule has 6 heteroatoms. The Morgan fingerprint density at radius 2 is 2.12 bits per heavy atom. The molecule has 0 aromatic carbocycles. The Hall–Kier alpha value is -0.580. The summed E-state index contributed by atoms with van der Waals surface area (Å²) in [5, 5.41) is 3.43. The highest BCUT2D eigenvalue weighted by atomic mass is 35.5. The summed E-state index contributed by atoms with van der Waals surface area (Å²) in [4.78, 5) is 10.6.